The second kappa shape index (κ2) is 9.07. The van der Waals surface area contributed by atoms with Crippen LogP contribution in [0.3, 0.4) is 0 Å². The molecule has 3 heterocycles. The number of fused-ring (bicyclic) bond motifs is 4. The summed E-state index contributed by atoms with van der Waals surface area (Å²) in [5.74, 6) is 2.46. The number of nitrogens with zero attached hydrogens (tertiary/aromatic N) is 2. The van der Waals surface area contributed by atoms with E-state index in [2.05, 4.69) is 107 Å². The highest BCUT2D eigenvalue weighted by molar-refractivity contribution is 5.99. The number of rotatable bonds is 1. The molecule has 3 nitrogen and oxygen atoms in total. The molecule has 0 saturated heterocycles. The largest absolute Gasteiger partial charge is 0.456 e. The smallest absolute Gasteiger partial charge is 0.183 e. The maximum atomic E-state index is 6.32. The Morgan fingerprint density at radius 1 is 0.857 bits per heavy atom. The third-order valence-corrected chi connectivity index (χ3v) is 8.73. The number of benzene rings is 3. The highest BCUT2D eigenvalue weighted by Gasteiger charge is 2.24. The molecule has 198 valence electrons. The first-order chi connectivity index (χ1) is 20.8. The number of hydrogen-bond donors (Lipinski definition) is 0. The summed E-state index contributed by atoms with van der Waals surface area (Å²) < 4.78 is 8.62. The van der Waals surface area contributed by atoms with Crippen molar-refractivity contribution in [3.05, 3.63) is 165 Å². The Bertz CT molecular complexity index is 2270. The van der Waals surface area contributed by atoms with Gasteiger partial charge in [0.05, 0.1) is 21.8 Å². The van der Waals surface area contributed by atoms with E-state index in [0.717, 1.165) is 69.5 Å². The summed E-state index contributed by atoms with van der Waals surface area (Å²) in [5, 5.41) is 3.18. The molecule has 2 aliphatic heterocycles. The van der Waals surface area contributed by atoms with Crippen LogP contribution in [0.5, 0.6) is 11.5 Å². The standard InChI is InChI=1S/C39H26N2O/c1-2-12-27-24-28-14-7-18-34-38(28)31-23-25(9-5-13-26(27)11-1)10-6-17-33(31)41(34)37-22-21-30-29-15-3-4-19-35(29)42-36-20-8-16-32(40-37)39(30)36/h2-10,12-21,24H,1,11,23H2. The summed E-state index contributed by atoms with van der Waals surface area (Å²) in [5.41, 5.74) is 14.6. The predicted molar refractivity (Wildman–Crippen MR) is 170 cm³/mol. The summed E-state index contributed by atoms with van der Waals surface area (Å²) in [4.78, 5) is 5.28. The van der Waals surface area contributed by atoms with Gasteiger partial charge in [0.2, 0.25) is 0 Å². The monoisotopic (exact) mass is 538 g/mol. The van der Waals surface area contributed by atoms with Crippen molar-refractivity contribution in [3.63, 3.8) is 0 Å². The summed E-state index contributed by atoms with van der Waals surface area (Å²) in [7, 11) is 0. The molecule has 9 rings (SSSR count). The fourth-order valence-electron chi connectivity index (χ4n) is 6.83. The van der Waals surface area contributed by atoms with E-state index in [1.54, 1.807) is 0 Å². The molecule has 0 N–H and O–H groups in total. The SMILES string of the molecule is C1=CC2=c3c(cccc3=NC=1n1c3c4c5c(cccc51)C=C1C=CCCC1=CC=CC(=CC=C3)C4)Oc1ccccc12. The Morgan fingerprint density at radius 3 is 2.76 bits per heavy atom. The van der Waals surface area contributed by atoms with Gasteiger partial charge in [0.15, 0.2) is 5.82 Å². The van der Waals surface area contributed by atoms with Crippen LogP contribution in [0.2, 0.25) is 0 Å². The Labute approximate surface area is 243 Å². The quantitative estimate of drug-likeness (QED) is 0.226. The molecule has 4 aromatic rings. The number of para-hydroxylation sites is 1. The predicted octanol–water partition coefficient (Wildman–Crippen LogP) is 7.96. The Balaban J connectivity index is 1.36. The van der Waals surface area contributed by atoms with Gasteiger partial charge in [0, 0.05) is 22.9 Å². The topological polar surface area (TPSA) is 26.5 Å². The summed E-state index contributed by atoms with van der Waals surface area (Å²) in [6, 6.07) is 21.0. The number of aromatic nitrogens is 1. The third-order valence-electron chi connectivity index (χ3n) is 8.73. The van der Waals surface area contributed by atoms with Gasteiger partial charge in [0.1, 0.15) is 11.5 Å². The average molecular weight is 539 g/mol. The van der Waals surface area contributed by atoms with Crippen molar-refractivity contribution in [1.82, 2.24) is 4.57 Å². The lowest BCUT2D eigenvalue weighted by molar-refractivity contribution is 0.471. The highest BCUT2D eigenvalue weighted by atomic mass is 16.5. The van der Waals surface area contributed by atoms with Crippen LogP contribution in [-0.4, -0.2) is 4.57 Å². The highest BCUT2D eigenvalue weighted by Crippen LogP contribution is 2.39. The maximum absolute atomic E-state index is 6.32. The second-order valence-corrected chi connectivity index (χ2v) is 11.2. The average Bonchev–Trinajstić information content (AvgIpc) is 3.15. The van der Waals surface area contributed by atoms with Crippen LogP contribution >= 0.6 is 0 Å². The third kappa shape index (κ3) is 3.51. The van der Waals surface area contributed by atoms with Gasteiger partial charge in [0.25, 0.3) is 0 Å². The lowest BCUT2D eigenvalue weighted by Gasteiger charge is -2.18. The van der Waals surface area contributed by atoms with Gasteiger partial charge in [-0.25, -0.2) is 4.99 Å². The van der Waals surface area contributed by atoms with E-state index in [1.807, 2.05) is 24.3 Å². The molecule has 0 unspecified atom stereocenters. The molecular weight excluding hydrogens is 512 g/mol. The zero-order chi connectivity index (χ0) is 27.6. The number of ether oxygens (including phenoxy) is 1. The molecule has 3 heteroatoms. The molecule has 1 aromatic heterocycles. The molecule has 0 fully saturated rings. The molecular formula is C39H26N2O. The van der Waals surface area contributed by atoms with Gasteiger partial charge in [-0.2, -0.15) is 0 Å². The maximum Gasteiger partial charge on any atom is 0.183 e. The lowest BCUT2D eigenvalue weighted by Crippen LogP contribution is -2.30. The first-order valence-electron chi connectivity index (χ1n) is 14.6. The normalized spacial score (nSPS) is 17.4. The van der Waals surface area contributed by atoms with Crippen molar-refractivity contribution in [2.24, 2.45) is 4.99 Å². The van der Waals surface area contributed by atoms with Gasteiger partial charge >= 0.3 is 0 Å². The van der Waals surface area contributed by atoms with E-state index in [4.69, 9.17) is 9.73 Å². The number of allylic oxidation sites excluding steroid dienone is 11. The molecule has 0 atom stereocenters. The van der Waals surface area contributed by atoms with Crippen molar-refractivity contribution in [1.29, 1.82) is 0 Å². The number of hydrogen-bond acceptors (Lipinski definition) is 2. The van der Waals surface area contributed by atoms with Gasteiger partial charge < -0.3 is 4.74 Å². The molecule has 2 bridgehead atoms. The van der Waals surface area contributed by atoms with Crippen LogP contribution < -0.4 is 15.3 Å². The summed E-state index contributed by atoms with van der Waals surface area (Å²) >= 11 is 0. The Morgan fingerprint density at radius 2 is 1.76 bits per heavy atom. The zero-order valence-electron chi connectivity index (χ0n) is 23.0. The van der Waals surface area contributed by atoms with E-state index in [0.29, 0.717) is 0 Å². The van der Waals surface area contributed by atoms with Gasteiger partial charge in [-0.05, 0) is 83.2 Å². The van der Waals surface area contributed by atoms with Crippen molar-refractivity contribution in [2.75, 3.05) is 0 Å². The fraction of sp³-hybridized carbons (Fsp3) is 0.0769. The van der Waals surface area contributed by atoms with Crippen molar-refractivity contribution in [2.45, 2.75) is 19.3 Å². The van der Waals surface area contributed by atoms with Crippen LogP contribution in [0, 0.1) is 0 Å². The van der Waals surface area contributed by atoms with Gasteiger partial charge in [-0.15, -0.1) is 0 Å². The molecule has 5 aliphatic rings. The van der Waals surface area contributed by atoms with E-state index in [1.165, 1.54) is 33.2 Å². The molecule has 3 aromatic carbocycles. The van der Waals surface area contributed by atoms with Crippen molar-refractivity contribution < 1.29 is 4.74 Å². The minimum atomic E-state index is 0.771. The van der Waals surface area contributed by atoms with Crippen LogP contribution in [0.25, 0.3) is 34.4 Å². The summed E-state index contributed by atoms with van der Waals surface area (Å²) in [6.07, 6.45) is 25.4. The van der Waals surface area contributed by atoms with Gasteiger partial charge in [-0.3, -0.25) is 4.57 Å². The zero-order valence-corrected chi connectivity index (χ0v) is 23.0. The molecule has 0 saturated carbocycles. The minimum Gasteiger partial charge on any atom is -0.456 e. The van der Waals surface area contributed by atoms with Gasteiger partial charge in [-0.1, -0.05) is 84.7 Å². The summed E-state index contributed by atoms with van der Waals surface area (Å²) in [6.45, 7) is 0. The van der Waals surface area contributed by atoms with E-state index < -0.39 is 0 Å². The first kappa shape index (κ1) is 23.3. The van der Waals surface area contributed by atoms with Crippen LogP contribution in [0.4, 0.5) is 0 Å². The lowest BCUT2D eigenvalue weighted by atomic mass is 9.92. The van der Waals surface area contributed by atoms with E-state index in [9.17, 15) is 0 Å². The van der Waals surface area contributed by atoms with E-state index in [-0.39, 0.29) is 0 Å². The molecule has 42 heavy (non-hydrogen) atoms. The van der Waals surface area contributed by atoms with Crippen LogP contribution in [-0.2, 0) is 6.42 Å². The molecule has 0 amide bonds. The fourth-order valence-corrected chi connectivity index (χ4v) is 6.83. The molecule has 0 spiro atoms. The molecule has 3 aliphatic carbocycles. The van der Waals surface area contributed by atoms with Crippen molar-refractivity contribution in [3.8, 4) is 11.5 Å². The Hall–Kier alpha value is -5.37. The minimum absolute atomic E-state index is 0.771. The first-order valence-corrected chi connectivity index (χ1v) is 14.6. The molecule has 0 radical (unpaired) electrons. The van der Waals surface area contributed by atoms with E-state index >= 15 is 0 Å². The second-order valence-electron chi connectivity index (χ2n) is 11.2. The van der Waals surface area contributed by atoms with Crippen molar-refractivity contribution >= 4 is 34.4 Å². The van der Waals surface area contributed by atoms with Crippen LogP contribution in [0.1, 0.15) is 35.2 Å². The van der Waals surface area contributed by atoms with Crippen LogP contribution in [0.15, 0.2) is 137 Å². The Kier molecular flexibility index (Phi) is 5.04.